The van der Waals surface area contributed by atoms with E-state index in [9.17, 15) is 5.11 Å². The second kappa shape index (κ2) is 4.80. The monoisotopic (exact) mass is 201 g/mol. The molecule has 0 saturated carbocycles. The number of hydrogen-bond donors (Lipinski definition) is 1. The molecule has 1 N–H and O–H groups in total. The molecule has 1 aromatic carbocycles. The van der Waals surface area contributed by atoms with E-state index in [4.69, 9.17) is 0 Å². The number of aliphatic hydroxyl groups excluding tert-OH is 1. The van der Waals surface area contributed by atoms with Gasteiger partial charge in [0.2, 0.25) is 0 Å². The van der Waals surface area contributed by atoms with Gasteiger partial charge in [0.05, 0.1) is 12.6 Å². The molecular weight excluding hydrogens is 186 g/mol. The molecule has 1 aromatic heterocycles. The van der Waals surface area contributed by atoms with Crippen molar-refractivity contribution in [3.63, 3.8) is 0 Å². The maximum Gasteiger partial charge on any atom is 0.0642 e. The van der Waals surface area contributed by atoms with Crippen LogP contribution in [-0.2, 0) is 6.42 Å². The highest BCUT2D eigenvalue weighted by atomic mass is 16.3. The van der Waals surface area contributed by atoms with Crippen LogP contribution in [0.25, 0.3) is 0 Å². The Balaban J connectivity index is 2.10. The van der Waals surface area contributed by atoms with Crippen molar-refractivity contribution in [2.24, 2.45) is 0 Å². The van der Waals surface area contributed by atoms with Gasteiger partial charge >= 0.3 is 0 Å². The molecule has 0 fully saturated rings. The van der Waals surface area contributed by atoms with Crippen LogP contribution in [0.15, 0.2) is 54.9 Å². The Labute approximate surface area is 89.8 Å². The topological polar surface area (TPSA) is 25.2 Å². The Morgan fingerprint density at radius 3 is 2.27 bits per heavy atom. The quantitative estimate of drug-likeness (QED) is 0.806. The van der Waals surface area contributed by atoms with Gasteiger partial charge in [-0.25, -0.2) is 0 Å². The third kappa shape index (κ3) is 2.48. The van der Waals surface area contributed by atoms with E-state index in [1.165, 1.54) is 5.56 Å². The van der Waals surface area contributed by atoms with Gasteiger partial charge in [-0.05, 0) is 24.1 Å². The summed E-state index contributed by atoms with van der Waals surface area (Å²) in [6.45, 7) is 0.170. The third-order valence-electron chi connectivity index (χ3n) is 2.57. The van der Waals surface area contributed by atoms with E-state index in [2.05, 4.69) is 12.1 Å². The highest BCUT2D eigenvalue weighted by Gasteiger charge is 2.08. The summed E-state index contributed by atoms with van der Waals surface area (Å²) in [7, 11) is 0. The highest BCUT2D eigenvalue weighted by molar-refractivity contribution is 5.16. The van der Waals surface area contributed by atoms with Gasteiger partial charge in [0, 0.05) is 12.4 Å². The predicted octanol–water partition coefficient (Wildman–Crippen LogP) is 2.26. The van der Waals surface area contributed by atoms with Crippen molar-refractivity contribution >= 4 is 0 Å². The lowest BCUT2D eigenvalue weighted by atomic mass is 10.1. The van der Waals surface area contributed by atoms with Gasteiger partial charge in [0.25, 0.3) is 0 Å². The Bertz CT molecular complexity index is 380. The minimum Gasteiger partial charge on any atom is -0.394 e. The van der Waals surface area contributed by atoms with Crippen molar-refractivity contribution in [1.29, 1.82) is 0 Å². The number of aromatic nitrogens is 1. The molecule has 0 aliphatic rings. The SMILES string of the molecule is OC[C@@H](Cc1ccccc1)n1cccc1. The van der Waals surface area contributed by atoms with Crippen molar-refractivity contribution in [2.75, 3.05) is 6.61 Å². The number of aliphatic hydroxyl groups is 1. The number of nitrogens with zero attached hydrogens (tertiary/aromatic N) is 1. The summed E-state index contributed by atoms with van der Waals surface area (Å²) in [6, 6.07) is 14.3. The van der Waals surface area contributed by atoms with Gasteiger partial charge in [-0.15, -0.1) is 0 Å². The molecule has 0 bridgehead atoms. The molecule has 15 heavy (non-hydrogen) atoms. The molecule has 0 radical (unpaired) electrons. The first-order chi connectivity index (χ1) is 7.40. The van der Waals surface area contributed by atoms with Gasteiger partial charge < -0.3 is 9.67 Å². The van der Waals surface area contributed by atoms with Crippen molar-refractivity contribution in [1.82, 2.24) is 4.57 Å². The van der Waals surface area contributed by atoms with Gasteiger partial charge in [-0.1, -0.05) is 30.3 Å². The summed E-state index contributed by atoms with van der Waals surface area (Å²) < 4.78 is 2.05. The molecule has 0 amide bonds. The molecule has 78 valence electrons. The van der Waals surface area contributed by atoms with Crippen LogP contribution in [0, 0.1) is 0 Å². The third-order valence-corrected chi connectivity index (χ3v) is 2.57. The molecule has 2 aromatic rings. The van der Waals surface area contributed by atoms with Crippen LogP contribution in [0.3, 0.4) is 0 Å². The number of rotatable bonds is 4. The summed E-state index contributed by atoms with van der Waals surface area (Å²) >= 11 is 0. The lowest BCUT2D eigenvalue weighted by molar-refractivity contribution is 0.227. The van der Waals surface area contributed by atoms with E-state index in [0.717, 1.165) is 6.42 Å². The first kappa shape index (κ1) is 9.99. The first-order valence-corrected chi connectivity index (χ1v) is 5.17. The van der Waals surface area contributed by atoms with E-state index < -0.39 is 0 Å². The van der Waals surface area contributed by atoms with Crippen LogP contribution in [-0.4, -0.2) is 16.3 Å². The van der Waals surface area contributed by atoms with Crippen LogP contribution < -0.4 is 0 Å². The molecule has 0 unspecified atom stereocenters. The minimum absolute atomic E-state index is 0.141. The molecule has 2 nitrogen and oxygen atoms in total. The lowest BCUT2D eigenvalue weighted by Gasteiger charge is -2.16. The molecule has 0 spiro atoms. The van der Waals surface area contributed by atoms with Crippen LogP contribution in [0.4, 0.5) is 0 Å². The number of benzene rings is 1. The van der Waals surface area contributed by atoms with Gasteiger partial charge in [-0.3, -0.25) is 0 Å². The van der Waals surface area contributed by atoms with E-state index in [1.807, 2.05) is 47.3 Å². The standard InChI is InChI=1S/C13H15NO/c15-11-13(14-8-4-5-9-14)10-12-6-2-1-3-7-12/h1-9,13,15H,10-11H2/t13-/m1/s1. The van der Waals surface area contributed by atoms with Crippen LogP contribution in [0.2, 0.25) is 0 Å². The second-order valence-corrected chi connectivity index (χ2v) is 3.66. The largest absolute Gasteiger partial charge is 0.394 e. The van der Waals surface area contributed by atoms with E-state index in [-0.39, 0.29) is 12.6 Å². The van der Waals surface area contributed by atoms with E-state index in [1.54, 1.807) is 0 Å². The lowest BCUT2D eigenvalue weighted by Crippen LogP contribution is -2.14. The van der Waals surface area contributed by atoms with Gasteiger partial charge in [0.15, 0.2) is 0 Å². The fraction of sp³-hybridized carbons (Fsp3) is 0.231. The average Bonchev–Trinajstić information content (AvgIpc) is 2.81. The smallest absolute Gasteiger partial charge is 0.0642 e. The second-order valence-electron chi connectivity index (χ2n) is 3.66. The first-order valence-electron chi connectivity index (χ1n) is 5.17. The summed E-state index contributed by atoms with van der Waals surface area (Å²) in [5.74, 6) is 0. The normalized spacial score (nSPS) is 12.6. The molecule has 1 atom stereocenters. The Hall–Kier alpha value is -1.54. The molecular formula is C13H15NO. The predicted molar refractivity (Wildman–Crippen MR) is 60.7 cm³/mol. The number of hydrogen-bond acceptors (Lipinski definition) is 1. The Morgan fingerprint density at radius 2 is 1.67 bits per heavy atom. The Kier molecular flexibility index (Phi) is 3.20. The van der Waals surface area contributed by atoms with Crippen molar-refractivity contribution in [3.8, 4) is 0 Å². The zero-order chi connectivity index (χ0) is 10.5. The Morgan fingerprint density at radius 1 is 1.00 bits per heavy atom. The highest BCUT2D eigenvalue weighted by Crippen LogP contribution is 2.13. The van der Waals surface area contributed by atoms with Crippen molar-refractivity contribution in [3.05, 3.63) is 60.4 Å². The van der Waals surface area contributed by atoms with E-state index in [0.29, 0.717) is 0 Å². The summed E-state index contributed by atoms with van der Waals surface area (Å²) in [4.78, 5) is 0. The molecule has 0 aliphatic heterocycles. The summed E-state index contributed by atoms with van der Waals surface area (Å²) in [5, 5.41) is 9.34. The maximum atomic E-state index is 9.34. The molecule has 0 saturated heterocycles. The zero-order valence-corrected chi connectivity index (χ0v) is 8.58. The molecule has 2 rings (SSSR count). The molecule has 2 heteroatoms. The van der Waals surface area contributed by atoms with Crippen LogP contribution in [0.1, 0.15) is 11.6 Å². The van der Waals surface area contributed by atoms with Crippen LogP contribution in [0.5, 0.6) is 0 Å². The zero-order valence-electron chi connectivity index (χ0n) is 8.58. The summed E-state index contributed by atoms with van der Waals surface area (Å²) in [5.41, 5.74) is 1.25. The maximum absolute atomic E-state index is 9.34. The summed E-state index contributed by atoms with van der Waals surface area (Å²) in [6.07, 6.45) is 4.85. The van der Waals surface area contributed by atoms with Crippen LogP contribution >= 0.6 is 0 Å². The van der Waals surface area contributed by atoms with E-state index >= 15 is 0 Å². The van der Waals surface area contributed by atoms with Gasteiger partial charge in [-0.2, -0.15) is 0 Å². The average molecular weight is 201 g/mol. The fourth-order valence-corrected chi connectivity index (χ4v) is 1.74. The fourth-order valence-electron chi connectivity index (χ4n) is 1.74. The van der Waals surface area contributed by atoms with Gasteiger partial charge in [0.1, 0.15) is 0 Å². The molecule has 0 aliphatic carbocycles. The van der Waals surface area contributed by atoms with Crippen molar-refractivity contribution < 1.29 is 5.11 Å². The van der Waals surface area contributed by atoms with Crippen molar-refractivity contribution in [2.45, 2.75) is 12.5 Å². The molecule has 1 heterocycles. The minimum atomic E-state index is 0.141.